The SMILES string of the molecule is CCCNC(=O)C1CCCN(C(=O)Cn2cccc(C(F)(F)F)c2=O)C1. The highest BCUT2D eigenvalue weighted by Gasteiger charge is 2.35. The van der Waals surface area contributed by atoms with E-state index in [2.05, 4.69) is 5.32 Å². The first kappa shape index (κ1) is 20.0. The zero-order valence-electron chi connectivity index (χ0n) is 14.5. The summed E-state index contributed by atoms with van der Waals surface area (Å²) in [6.45, 7) is 2.64. The Morgan fingerprint density at radius 3 is 2.73 bits per heavy atom. The zero-order valence-corrected chi connectivity index (χ0v) is 14.5. The first-order valence-electron chi connectivity index (χ1n) is 8.56. The monoisotopic (exact) mass is 373 g/mol. The molecule has 1 N–H and O–H groups in total. The topological polar surface area (TPSA) is 71.4 Å². The number of nitrogens with one attached hydrogen (secondary N) is 1. The van der Waals surface area contributed by atoms with Crippen LogP contribution in [0.15, 0.2) is 23.1 Å². The van der Waals surface area contributed by atoms with Crippen LogP contribution in [0.1, 0.15) is 31.7 Å². The van der Waals surface area contributed by atoms with Crippen LogP contribution in [0.3, 0.4) is 0 Å². The molecule has 1 saturated heterocycles. The molecular formula is C17H22F3N3O3. The van der Waals surface area contributed by atoms with Crippen molar-refractivity contribution in [3.05, 3.63) is 34.2 Å². The lowest BCUT2D eigenvalue weighted by Crippen LogP contribution is -2.47. The molecular weight excluding hydrogens is 351 g/mol. The van der Waals surface area contributed by atoms with Gasteiger partial charge in [-0.2, -0.15) is 13.2 Å². The minimum absolute atomic E-state index is 0.124. The van der Waals surface area contributed by atoms with Gasteiger partial charge in [0.05, 0.1) is 5.92 Å². The normalized spacial score (nSPS) is 17.8. The van der Waals surface area contributed by atoms with Crippen molar-refractivity contribution in [1.29, 1.82) is 0 Å². The number of alkyl halides is 3. The van der Waals surface area contributed by atoms with Crippen LogP contribution in [0.5, 0.6) is 0 Å². The van der Waals surface area contributed by atoms with Crippen LogP contribution in [0.25, 0.3) is 0 Å². The molecule has 1 aromatic heterocycles. The summed E-state index contributed by atoms with van der Waals surface area (Å²) in [6, 6.07) is 1.78. The zero-order chi connectivity index (χ0) is 19.3. The number of carbonyl (C=O) groups is 2. The number of aromatic nitrogens is 1. The molecule has 1 fully saturated rings. The predicted molar refractivity (Wildman–Crippen MR) is 88.3 cm³/mol. The van der Waals surface area contributed by atoms with Gasteiger partial charge in [-0.05, 0) is 31.4 Å². The van der Waals surface area contributed by atoms with E-state index >= 15 is 0 Å². The van der Waals surface area contributed by atoms with E-state index < -0.39 is 29.8 Å². The van der Waals surface area contributed by atoms with E-state index in [1.54, 1.807) is 0 Å². The molecule has 2 amide bonds. The Hall–Kier alpha value is -2.32. The van der Waals surface area contributed by atoms with E-state index in [9.17, 15) is 27.6 Å². The quantitative estimate of drug-likeness (QED) is 0.853. The van der Waals surface area contributed by atoms with Crippen LogP contribution in [0.2, 0.25) is 0 Å². The predicted octanol–water partition coefficient (Wildman–Crippen LogP) is 1.63. The molecule has 1 aromatic rings. The third-order valence-corrected chi connectivity index (χ3v) is 4.33. The highest BCUT2D eigenvalue weighted by molar-refractivity contribution is 5.81. The maximum absolute atomic E-state index is 12.8. The maximum atomic E-state index is 12.8. The Labute approximate surface area is 149 Å². The van der Waals surface area contributed by atoms with E-state index in [1.807, 2.05) is 6.92 Å². The first-order chi connectivity index (χ1) is 12.2. The maximum Gasteiger partial charge on any atom is 0.421 e. The van der Waals surface area contributed by atoms with Crippen LogP contribution in [-0.2, 0) is 22.3 Å². The van der Waals surface area contributed by atoms with Gasteiger partial charge in [-0.15, -0.1) is 0 Å². The lowest BCUT2D eigenvalue weighted by molar-refractivity contribution is -0.140. The molecule has 2 rings (SSSR count). The van der Waals surface area contributed by atoms with Crippen LogP contribution >= 0.6 is 0 Å². The average molecular weight is 373 g/mol. The number of pyridine rings is 1. The molecule has 1 aliphatic heterocycles. The third kappa shape index (κ3) is 4.86. The fourth-order valence-corrected chi connectivity index (χ4v) is 2.93. The molecule has 0 saturated carbocycles. The summed E-state index contributed by atoms with van der Waals surface area (Å²) in [5.41, 5.74) is -2.55. The van der Waals surface area contributed by atoms with E-state index in [0.29, 0.717) is 32.0 Å². The second-order valence-electron chi connectivity index (χ2n) is 6.32. The summed E-state index contributed by atoms with van der Waals surface area (Å²) in [5.74, 6) is -0.933. The minimum Gasteiger partial charge on any atom is -0.356 e. The molecule has 0 aliphatic carbocycles. The summed E-state index contributed by atoms with van der Waals surface area (Å²) in [6.07, 6.45) is -1.52. The van der Waals surface area contributed by atoms with Crippen molar-refractivity contribution in [3.8, 4) is 0 Å². The van der Waals surface area contributed by atoms with E-state index in [0.717, 1.165) is 23.3 Å². The number of halogens is 3. The minimum atomic E-state index is -4.77. The number of hydrogen-bond acceptors (Lipinski definition) is 3. The first-order valence-corrected chi connectivity index (χ1v) is 8.56. The molecule has 1 atom stereocenters. The number of amides is 2. The van der Waals surface area contributed by atoms with Crippen LogP contribution < -0.4 is 10.9 Å². The van der Waals surface area contributed by atoms with Gasteiger partial charge in [0.15, 0.2) is 0 Å². The van der Waals surface area contributed by atoms with Gasteiger partial charge in [0.2, 0.25) is 11.8 Å². The highest BCUT2D eigenvalue weighted by atomic mass is 19.4. The number of likely N-dealkylation sites (tertiary alicyclic amines) is 1. The van der Waals surface area contributed by atoms with Gasteiger partial charge in [0.1, 0.15) is 12.1 Å². The Kier molecular flexibility index (Phi) is 6.44. The standard InChI is InChI=1S/C17H22F3N3O3/c1-2-7-21-15(25)12-5-3-8-22(10-12)14(24)11-23-9-4-6-13(16(23)26)17(18,19)20/h4,6,9,12H,2-3,5,7-8,10-11H2,1H3,(H,21,25). The third-order valence-electron chi connectivity index (χ3n) is 4.33. The summed E-state index contributed by atoms with van der Waals surface area (Å²) >= 11 is 0. The lowest BCUT2D eigenvalue weighted by atomic mass is 9.97. The van der Waals surface area contributed by atoms with Crippen molar-refractivity contribution in [1.82, 2.24) is 14.8 Å². The van der Waals surface area contributed by atoms with Gasteiger partial charge in [-0.25, -0.2) is 0 Å². The van der Waals surface area contributed by atoms with Crippen molar-refractivity contribution < 1.29 is 22.8 Å². The van der Waals surface area contributed by atoms with Crippen molar-refractivity contribution in [2.75, 3.05) is 19.6 Å². The molecule has 0 aromatic carbocycles. The van der Waals surface area contributed by atoms with E-state index in [4.69, 9.17) is 0 Å². The molecule has 2 heterocycles. The van der Waals surface area contributed by atoms with Gasteiger partial charge >= 0.3 is 6.18 Å². The lowest BCUT2D eigenvalue weighted by Gasteiger charge is -2.32. The summed E-state index contributed by atoms with van der Waals surface area (Å²) in [5, 5.41) is 2.79. The summed E-state index contributed by atoms with van der Waals surface area (Å²) < 4.78 is 39.2. The molecule has 0 spiro atoms. The molecule has 26 heavy (non-hydrogen) atoms. The fraction of sp³-hybridized carbons (Fsp3) is 0.588. The van der Waals surface area contributed by atoms with Crippen LogP contribution in [-0.4, -0.2) is 40.9 Å². The number of hydrogen-bond donors (Lipinski definition) is 1. The molecule has 1 unspecified atom stereocenters. The highest BCUT2D eigenvalue weighted by Crippen LogP contribution is 2.26. The van der Waals surface area contributed by atoms with Gasteiger partial charge < -0.3 is 14.8 Å². The van der Waals surface area contributed by atoms with Crippen molar-refractivity contribution in [2.45, 2.75) is 38.9 Å². The Morgan fingerprint density at radius 1 is 1.35 bits per heavy atom. The molecule has 0 bridgehead atoms. The van der Waals surface area contributed by atoms with Gasteiger partial charge in [-0.3, -0.25) is 14.4 Å². The average Bonchev–Trinajstić information content (AvgIpc) is 2.60. The molecule has 9 heteroatoms. The second-order valence-corrected chi connectivity index (χ2v) is 6.32. The molecule has 6 nitrogen and oxygen atoms in total. The number of rotatable bonds is 5. The summed E-state index contributed by atoms with van der Waals surface area (Å²) in [7, 11) is 0. The smallest absolute Gasteiger partial charge is 0.356 e. The Morgan fingerprint density at radius 2 is 2.08 bits per heavy atom. The Balaban J connectivity index is 2.06. The largest absolute Gasteiger partial charge is 0.421 e. The van der Waals surface area contributed by atoms with Crippen molar-refractivity contribution >= 4 is 11.8 Å². The summed E-state index contributed by atoms with van der Waals surface area (Å²) in [4.78, 5) is 37.8. The Bertz CT molecular complexity index is 715. The van der Waals surface area contributed by atoms with Crippen LogP contribution in [0, 0.1) is 5.92 Å². The van der Waals surface area contributed by atoms with Crippen LogP contribution in [0.4, 0.5) is 13.2 Å². The van der Waals surface area contributed by atoms with E-state index in [1.165, 1.54) is 4.90 Å². The van der Waals surface area contributed by atoms with Gasteiger partial charge in [-0.1, -0.05) is 6.92 Å². The number of carbonyl (C=O) groups excluding carboxylic acids is 2. The second kappa shape index (κ2) is 8.37. The molecule has 1 aliphatic rings. The van der Waals surface area contributed by atoms with Crippen molar-refractivity contribution in [3.63, 3.8) is 0 Å². The van der Waals surface area contributed by atoms with Gasteiger partial charge in [0, 0.05) is 25.8 Å². The van der Waals surface area contributed by atoms with E-state index in [-0.39, 0.29) is 18.4 Å². The molecule has 0 radical (unpaired) electrons. The van der Waals surface area contributed by atoms with Crippen molar-refractivity contribution in [2.24, 2.45) is 5.92 Å². The fourth-order valence-electron chi connectivity index (χ4n) is 2.93. The number of nitrogens with zero attached hydrogens (tertiary/aromatic N) is 2. The number of piperidine rings is 1. The molecule has 144 valence electrons. The van der Waals surface area contributed by atoms with Gasteiger partial charge in [0.25, 0.3) is 5.56 Å².